The van der Waals surface area contributed by atoms with Gasteiger partial charge in [-0.1, -0.05) is 0 Å². The van der Waals surface area contributed by atoms with E-state index in [4.69, 9.17) is 4.74 Å². The summed E-state index contributed by atoms with van der Waals surface area (Å²) < 4.78 is 7.32. The molecule has 2 aromatic rings. The largest absolute Gasteiger partial charge is 0.497 e. The van der Waals surface area contributed by atoms with Crippen molar-refractivity contribution in [2.24, 2.45) is 23.7 Å². The van der Waals surface area contributed by atoms with Gasteiger partial charge < -0.3 is 14.6 Å². The molecule has 0 saturated heterocycles. The lowest BCUT2D eigenvalue weighted by Gasteiger charge is -2.54. The zero-order chi connectivity index (χ0) is 17.0. The average molecular weight is 338 g/mol. The van der Waals surface area contributed by atoms with E-state index in [2.05, 4.69) is 5.32 Å². The summed E-state index contributed by atoms with van der Waals surface area (Å²) in [6, 6.07) is 8.47. The molecule has 1 amide bonds. The number of rotatable bonds is 4. The highest BCUT2D eigenvalue weighted by Gasteiger charge is 2.48. The number of nitrogens with one attached hydrogen (secondary N) is 1. The number of hydrogen-bond donors (Lipinski definition) is 1. The second kappa shape index (κ2) is 5.79. The molecule has 6 rings (SSSR count). The first-order valence-corrected chi connectivity index (χ1v) is 9.62. The van der Waals surface area contributed by atoms with Crippen molar-refractivity contribution in [2.45, 2.75) is 44.7 Å². The number of ether oxygens (including phenoxy) is 1. The number of carbonyl (C=O) groups is 1. The molecular weight excluding hydrogens is 312 g/mol. The Hall–Kier alpha value is -1.97. The maximum Gasteiger partial charge on any atom is 0.240 e. The molecule has 4 saturated carbocycles. The first-order valence-electron chi connectivity index (χ1n) is 9.62. The van der Waals surface area contributed by atoms with Gasteiger partial charge in [0.05, 0.1) is 7.11 Å². The lowest BCUT2D eigenvalue weighted by Crippen LogP contribution is -2.56. The summed E-state index contributed by atoms with van der Waals surface area (Å²) in [6.07, 6.45) is 8.80. The van der Waals surface area contributed by atoms with E-state index in [0.29, 0.717) is 12.6 Å². The van der Waals surface area contributed by atoms with Crippen LogP contribution in [0.4, 0.5) is 0 Å². The van der Waals surface area contributed by atoms with Crippen LogP contribution in [0.2, 0.25) is 0 Å². The fraction of sp³-hybridized carbons (Fsp3) is 0.571. The van der Waals surface area contributed by atoms with E-state index in [1.54, 1.807) is 7.11 Å². The molecule has 4 aliphatic carbocycles. The number of aromatic nitrogens is 1. The summed E-state index contributed by atoms with van der Waals surface area (Å²) in [6.45, 7) is 0.401. The fourth-order valence-corrected chi connectivity index (χ4v) is 5.99. The monoisotopic (exact) mass is 338 g/mol. The Balaban J connectivity index is 1.29. The van der Waals surface area contributed by atoms with Gasteiger partial charge in [-0.25, -0.2) is 0 Å². The van der Waals surface area contributed by atoms with Crippen LogP contribution in [0.25, 0.3) is 10.9 Å². The minimum absolute atomic E-state index is 0.158. The van der Waals surface area contributed by atoms with Gasteiger partial charge in [0.25, 0.3) is 0 Å². The van der Waals surface area contributed by atoms with Gasteiger partial charge in [-0.05, 0) is 80.0 Å². The molecule has 0 radical (unpaired) electrons. The molecule has 4 fully saturated rings. The van der Waals surface area contributed by atoms with E-state index in [0.717, 1.165) is 40.3 Å². The van der Waals surface area contributed by atoms with Crippen LogP contribution in [-0.2, 0) is 11.3 Å². The van der Waals surface area contributed by atoms with Gasteiger partial charge in [0.1, 0.15) is 12.3 Å². The van der Waals surface area contributed by atoms with Gasteiger partial charge in [-0.2, -0.15) is 0 Å². The Labute approximate surface area is 148 Å². The summed E-state index contributed by atoms with van der Waals surface area (Å²) in [5.74, 6) is 4.35. The molecule has 1 heterocycles. The first kappa shape index (κ1) is 15.3. The smallest absolute Gasteiger partial charge is 0.240 e. The van der Waals surface area contributed by atoms with Crippen LogP contribution in [0.5, 0.6) is 5.75 Å². The number of amides is 1. The predicted molar refractivity (Wildman–Crippen MR) is 97.5 cm³/mol. The van der Waals surface area contributed by atoms with Crippen LogP contribution in [0.15, 0.2) is 30.5 Å². The van der Waals surface area contributed by atoms with Crippen molar-refractivity contribution in [2.75, 3.05) is 7.11 Å². The maximum atomic E-state index is 12.7. The molecule has 0 spiro atoms. The molecule has 1 aromatic heterocycles. The Bertz CT molecular complexity index is 781. The molecule has 0 unspecified atom stereocenters. The normalized spacial score (nSPS) is 32.9. The van der Waals surface area contributed by atoms with Crippen molar-refractivity contribution in [3.8, 4) is 5.75 Å². The summed E-state index contributed by atoms with van der Waals surface area (Å²) in [5.41, 5.74) is 1.08. The Morgan fingerprint density at radius 1 is 1.12 bits per heavy atom. The van der Waals surface area contributed by atoms with Crippen molar-refractivity contribution in [1.82, 2.24) is 9.88 Å². The van der Waals surface area contributed by atoms with Gasteiger partial charge in [-0.3, -0.25) is 4.79 Å². The SMILES string of the molecule is COc1ccc2c(ccn2CC(=O)NC2C3CC4CC(C3)CC2C4)c1. The summed E-state index contributed by atoms with van der Waals surface area (Å²) in [4.78, 5) is 12.7. The maximum absolute atomic E-state index is 12.7. The van der Waals surface area contributed by atoms with Crippen molar-refractivity contribution < 1.29 is 9.53 Å². The van der Waals surface area contributed by atoms with E-state index in [1.165, 1.54) is 32.1 Å². The van der Waals surface area contributed by atoms with Crippen LogP contribution in [0, 0.1) is 23.7 Å². The van der Waals surface area contributed by atoms with Crippen LogP contribution >= 0.6 is 0 Å². The highest BCUT2D eigenvalue weighted by molar-refractivity contribution is 5.84. The van der Waals surface area contributed by atoms with Gasteiger partial charge in [0.2, 0.25) is 5.91 Å². The number of fused-ring (bicyclic) bond motifs is 1. The number of methoxy groups -OCH3 is 1. The average Bonchev–Trinajstić information content (AvgIpc) is 2.99. The van der Waals surface area contributed by atoms with E-state index < -0.39 is 0 Å². The molecule has 25 heavy (non-hydrogen) atoms. The molecule has 0 atom stereocenters. The second-order valence-corrected chi connectivity index (χ2v) is 8.39. The molecule has 4 bridgehead atoms. The third kappa shape index (κ3) is 2.62. The Morgan fingerprint density at radius 3 is 2.52 bits per heavy atom. The van der Waals surface area contributed by atoms with Crippen molar-refractivity contribution in [1.29, 1.82) is 0 Å². The second-order valence-electron chi connectivity index (χ2n) is 8.39. The highest BCUT2D eigenvalue weighted by atomic mass is 16.5. The van der Waals surface area contributed by atoms with Crippen LogP contribution in [-0.4, -0.2) is 23.6 Å². The Morgan fingerprint density at radius 2 is 1.84 bits per heavy atom. The molecule has 0 aliphatic heterocycles. The molecule has 4 nitrogen and oxygen atoms in total. The first-order chi connectivity index (χ1) is 12.2. The van der Waals surface area contributed by atoms with E-state index in [9.17, 15) is 4.79 Å². The predicted octanol–water partition coefficient (Wildman–Crippen LogP) is 3.59. The number of hydrogen-bond acceptors (Lipinski definition) is 2. The standard InChI is InChI=1S/C21H26N2O2/c1-25-18-2-3-19-15(11-18)4-5-23(19)12-20(24)22-21-16-7-13-6-14(9-16)10-17(21)8-13/h2-5,11,13-14,16-17,21H,6-10,12H2,1H3,(H,22,24). The van der Waals surface area contributed by atoms with E-state index >= 15 is 0 Å². The van der Waals surface area contributed by atoms with Gasteiger partial charge >= 0.3 is 0 Å². The van der Waals surface area contributed by atoms with Crippen LogP contribution in [0.3, 0.4) is 0 Å². The van der Waals surface area contributed by atoms with Gasteiger partial charge in [0, 0.05) is 23.1 Å². The Kier molecular flexibility index (Phi) is 3.54. The molecular formula is C21H26N2O2. The highest BCUT2D eigenvalue weighted by Crippen LogP contribution is 2.53. The fourth-order valence-electron chi connectivity index (χ4n) is 5.99. The van der Waals surface area contributed by atoms with Crippen LogP contribution < -0.4 is 10.1 Å². The van der Waals surface area contributed by atoms with Crippen molar-refractivity contribution in [3.63, 3.8) is 0 Å². The minimum Gasteiger partial charge on any atom is -0.497 e. The molecule has 4 heteroatoms. The number of nitrogens with zero attached hydrogens (tertiary/aromatic N) is 1. The molecule has 1 aromatic carbocycles. The molecule has 132 valence electrons. The van der Waals surface area contributed by atoms with E-state index in [1.807, 2.05) is 35.0 Å². The topological polar surface area (TPSA) is 43.3 Å². The number of benzene rings is 1. The summed E-state index contributed by atoms with van der Waals surface area (Å²) in [7, 11) is 1.68. The zero-order valence-electron chi connectivity index (χ0n) is 14.8. The van der Waals surface area contributed by atoms with Gasteiger partial charge in [0.15, 0.2) is 0 Å². The lowest BCUT2D eigenvalue weighted by atomic mass is 9.54. The third-order valence-corrected chi connectivity index (χ3v) is 6.85. The molecule has 1 N–H and O–H groups in total. The van der Waals surface area contributed by atoms with E-state index in [-0.39, 0.29) is 5.91 Å². The van der Waals surface area contributed by atoms with Crippen molar-refractivity contribution in [3.05, 3.63) is 30.5 Å². The summed E-state index contributed by atoms with van der Waals surface area (Å²) >= 11 is 0. The number of carbonyl (C=O) groups excluding carboxylic acids is 1. The summed E-state index contributed by atoms with van der Waals surface area (Å²) in [5, 5.41) is 4.52. The lowest BCUT2D eigenvalue weighted by molar-refractivity contribution is -0.125. The quantitative estimate of drug-likeness (QED) is 0.926. The third-order valence-electron chi connectivity index (χ3n) is 6.85. The molecule has 4 aliphatic rings. The van der Waals surface area contributed by atoms with Crippen molar-refractivity contribution >= 4 is 16.8 Å². The van der Waals surface area contributed by atoms with Gasteiger partial charge in [-0.15, -0.1) is 0 Å². The van der Waals surface area contributed by atoms with Crippen LogP contribution in [0.1, 0.15) is 32.1 Å². The minimum atomic E-state index is 0.158. The zero-order valence-corrected chi connectivity index (χ0v) is 14.8.